The first-order valence-electron chi connectivity index (χ1n) is 3.69. The second-order valence-electron chi connectivity index (χ2n) is 2.65. The van der Waals surface area contributed by atoms with Gasteiger partial charge in [-0.25, -0.2) is 0 Å². The van der Waals surface area contributed by atoms with Crippen molar-refractivity contribution >= 4 is 5.69 Å². The Morgan fingerprint density at radius 3 is 3.00 bits per heavy atom. The Morgan fingerprint density at radius 1 is 1.64 bits per heavy atom. The lowest BCUT2D eigenvalue weighted by Gasteiger charge is -2.27. The molecule has 1 aromatic rings. The van der Waals surface area contributed by atoms with E-state index in [-0.39, 0.29) is 6.10 Å². The van der Waals surface area contributed by atoms with Gasteiger partial charge in [-0.1, -0.05) is 0 Å². The molecule has 1 saturated heterocycles. The summed E-state index contributed by atoms with van der Waals surface area (Å²) in [5.74, 6) is 0. The number of hydrogen-bond donors (Lipinski definition) is 1. The Bertz CT molecular complexity index is 258. The van der Waals surface area contributed by atoms with Crippen molar-refractivity contribution in [2.45, 2.75) is 12.5 Å². The highest BCUT2D eigenvalue weighted by Crippen LogP contribution is 2.31. The van der Waals surface area contributed by atoms with Crippen molar-refractivity contribution in [1.29, 1.82) is 0 Å². The van der Waals surface area contributed by atoms with Crippen LogP contribution in [-0.2, 0) is 4.74 Å². The highest BCUT2D eigenvalue weighted by molar-refractivity contribution is 5.46. The van der Waals surface area contributed by atoms with Gasteiger partial charge in [0.15, 0.2) is 0 Å². The molecule has 11 heavy (non-hydrogen) atoms. The number of hydrogen-bond acceptors (Lipinski definition) is 3. The molecule has 1 unspecified atom stereocenters. The molecule has 2 heterocycles. The van der Waals surface area contributed by atoms with Gasteiger partial charge < -0.3 is 10.5 Å². The maximum Gasteiger partial charge on any atom is 0.0881 e. The SMILES string of the molecule is Nc1ccncc1C1CCO1. The summed E-state index contributed by atoms with van der Waals surface area (Å²) in [6.07, 6.45) is 4.73. The van der Waals surface area contributed by atoms with Gasteiger partial charge in [-0.3, -0.25) is 4.98 Å². The lowest BCUT2D eigenvalue weighted by atomic mass is 10.0. The van der Waals surface area contributed by atoms with Gasteiger partial charge in [0.2, 0.25) is 0 Å². The Labute approximate surface area is 65.2 Å². The fourth-order valence-corrected chi connectivity index (χ4v) is 1.17. The molecule has 1 fully saturated rings. The Kier molecular flexibility index (Phi) is 1.51. The molecule has 3 nitrogen and oxygen atoms in total. The molecule has 2 rings (SSSR count). The number of ether oxygens (including phenoxy) is 1. The van der Waals surface area contributed by atoms with Crippen molar-refractivity contribution in [2.24, 2.45) is 0 Å². The number of rotatable bonds is 1. The van der Waals surface area contributed by atoms with Crippen LogP contribution in [0.3, 0.4) is 0 Å². The van der Waals surface area contributed by atoms with Crippen LogP contribution in [0, 0.1) is 0 Å². The summed E-state index contributed by atoms with van der Waals surface area (Å²) in [5.41, 5.74) is 7.52. The van der Waals surface area contributed by atoms with Crippen LogP contribution in [0.5, 0.6) is 0 Å². The molecule has 3 heteroatoms. The molecule has 58 valence electrons. The monoisotopic (exact) mass is 150 g/mol. The van der Waals surface area contributed by atoms with Crippen molar-refractivity contribution < 1.29 is 4.74 Å². The van der Waals surface area contributed by atoms with E-state index in [9.17, 15) is 0 Å². The predicted octanol–water partition coefficient (Wildman–Crippen LogP) is 1.13. The molecule has 0 bridgehead atoms. The minimum Gasteiger partial charge on any atom is -0.398 e. The number of nitrogens with two attached hydrogens (primary N) is 1. The molecule has 1 aliphatic rings. The first-order valence-corrected chi connectivity index (χ1v) is 3.69. The van der Waals surface area contributed by atoms with Gasteiger partial charge in [0.25, 0.3) is 0 Å². The van der Waals surface area contributed by atoms with E-state index >= 15 is 0 Å². The molecule has 0 aromatic carbocycles. The van der Waals surface area contributed by atoms with Gasteiger partial charge in [-0.15, -0.1) is 0 Å². The molecule has 0 spiro atoms. The van der Waals surface area contributed by atoms with E-state index in [0.29, 0.717) is 0 Å². The summed E-state index contributed by atoms with van der Waals surface area (Å²) in [5, 5.41) is 0. The van der Waals surface area contributed by atoms with Crippen molar-refractivity contribution in [1.82, 2.24) is 4.98 Å². The molecule has 0 amide bonds. The zero-order chi connectivity index (χ0) is 7.68. The van der Waals surface area contributed by atoms with E-state index in [4.69, 9.17) is 10.5 Å². The lowest BCUT2D eigenvalue weighted by Crippen LogP contribution is -2.19. The molecular weight excluding hydrogens is 140 g/mol. The topological polar surface area (TPSA) is 48.1 Å². The zero-order valence-corrected chi connectivity index (χ0v) is 6.16. The van der Waals surface area contributed by atoms with Gasteiger partial charge in [-0.05, 0) is 6.07 Å². The third-order valence-corrected chi connectivity index (χ3v) is 1.93. The molecular formula is C8H10N2O. The summed E-state index contributed by atoms with van der Waals surface area (Å²) in [6.45, 7) is 0.846. The number of pyridine rings is 1. The fourth-order valence-electron chi connectivity index (χ4n) is 1.17. The summed E-state index contributed by atoms with van der Waals surface area (Å²) < 4.78 is 5.28. The van der Waals surface area contributed by atoms with Gasteiger partial charge in [0.1, 0.15) is 0 Å². The fraction of sp³-hybridized carbons (Fsp3) is 0.375. The van der Waals surface area contributed by atoms with Crippen molar-refractivity contribution in [3.05, 3.63) is 24.0 Å². The minimum absolute atomic E-state index is 0.198. The minimum atomic E-state index is 0.198. The first kappa shape index (κ1) is 6.61. The quantitative estimate of drug-likeness (QED) is 0.652. The van der Waals surface area contributed by atoms with E-state index in [2.05, 4.69) is 4.98 Å². The van der Waals surface area contributed by atoms with Crippen LogP contribution in [0.15, 0.2) is 18.5 Å². The summed E-state index contributed by atoms with van der Waals surface area (Å²) in [4.78, 5) is 3.99. The normalized spacial score (nSPS) is 22.7. The van der Waals surface area contributed by atoms with Gasteiger partial charge in [0.05, 0.1) is 12.7 Å². The van der Waals surface area contributed by atoms with E-state index in [1.165, 1.54) is 0 Å². The van der Waals surface area contributed by atoms with Crippen LogP contribution >= 0.6 is 0 Å². The van der Waals surface area contributed by atoms with Crippen LogP contribution in [0.4, 0.5) is 5.69 Å². The summed E-state index contributed by atoms with van der Waals surface area (Å²) >= 11 is 0. The predicted molar refractivity (Wildman–Crippen MR) is 42.0 cm³/mol. The highest BCUT2D eigenvalue weighted by atomic mass is 16.5. The van der Waals surface area contributed by atoms with E-state index in [1.807, 2.05) is 0 Å². The smallest absolute Gasteiger partial charge is 0.0881 e. The molecule has 0 radical (unpaired) electrons. The van der Waals surface area contributed by atoms with Crippen LogP contribution < -0.4 is 5.73 Å². The van der Waals surface area contributed by atoms with E-state index < -0.39 is 0 Å². The molecule has 1 aromatic heterocycles. The Morgan fingerprint density at radius 2 is 2.45 bits per heavy atom. The maximum atomic E-state index is 5.71. The average Bonchev–Trinajstić information content (AvgIpc) is 1.90. The second kappa shape index (κ2) is 2.51. The van der Waals surface area contributed by atoms with E-state index in [1.54, 1.807) is 18.5 Å². The Balaban J connectivity index is 2.28. The molecule has 0 saturated carbocycles. The van der Waals surface area contributed by atoms with Crippen molar-refractivity contribution in [3.8, 4) is 0 Å². The van der Waals surface area contributed by atoms with Gasteiger partial charge in [-0.2, -0.15) is 0 Å². The van der Waals surface area contributed by atoms with Crippen LogP contribution in [0.2, 0.25) is 0 Å². The second-order valence-corrected chi connectivity index (χ2v) is 2.65. The third-order valence-electron chi connectivity index (χ3n) is 1.93. The summed E-state index contributed by atoms with van der Waals surface area (Å²) in [6, 6.07) is 1.80. The van der Waals surface area contributed by atoms with Crippen LogP contribution in [0.25, 0.3) is 0 Å². The molecule has 1 aliphatic heterocycles. The third kappa shape index (κ3) is 1.07. The number of nitrogen functional groups attached to an aromatic ring is 1. The number of anilines is 1. The highest BCUT2D eigenvalue weighted by Gasteiger charge is 2.21. The van der Waals surface area contributed by atoms with Gasteiger partial charge >= 0.3 is 0 Å². The van der Waals surface area contributed by atoms with E-state index in [0.717, 1.165) is 24.3 Å². The molecule has 1 atom stereocenters. The average molecular weight is 150 g/mol. The largest absolute Gasteiger partial charge is 0.398 e. The maximum absolute atomic E-state index is 5.71. The number of nitrogens with zero attached hydrogens (tertiary/aromatic N) is 1. The molecule has 2 N–H and O–H groups in total. The molecule has 0 aliphatic carbocycles. The zero-order valence-electron chi connectivity index (χ0n) is 6.16. The summed E-state index contributed by atoms with van der Waals surface area (Å²) in [7, 11) is 0. The van der Waals surface area contributed by atoms with Gasteiger partial charge in [0, 0.05) is 30.1 Å². The van der Waals surface area contributed by atoms with Crippen molar-refractivity contribution in [3.63, 3.8) is 0 Å². The standard InChI is InChI=1S/C8H10N2O/c9-7-1-3-10-5-6(7)8-2-4-11-8/h1,3,5,8H,2,4H2,(H2,9,10). The van der Waals surface area contributed by atoms with Crippen molar-refractivity contribution in [2.75, 3.05) is 12.3 Å². The Hall–Kier alpha value is -1.09. The first-order chi connectivity index (χ1) is 5.38. The number of aromatic nitrogens is 1. The lowest BCUT2D eigenvalue weighted by molar-refractivity contribution is -0.0524. The van der Waals surface area contributed by atoms with Crippen LogP contribution in [-0.4, -0.2) is 11.6 Å². The van der Waals surface area contributed by atoms with Crippen LogP contribution in [0.1, 0.15) is 18.1 Å².